The summed E-state index contributed by atoms with van der Waals surface area (Å²) in [5, 5.41) is 3.50. The molecule has 1 aliphatic carbocycles. The fourth-order valence-corrected chi connectivity index (χ4v) is 2.84. The van der Waals surface area contributed by atoms with E-state index in [9.17, 15) is 0 Å². The van der Waals surface area contributed by atoms with Gasteiger partial charge < -0.3 is 14.8 Å². The first-order valence-corrected chi connectivity index (χ1v) is 8.22. The summed E-state index contributed by atoms with van der Waals surface area (Å²) in [5.41, 5.74) is 2.63. The maximum atomic E-state index is 5.91. The van der Waals surface area contributed by atoms with E-state index in [1.165, 1.54) is 24.0 Å². The Kier molecular flexibility index (Phi) is 4.51. The lowest BCUT2D eigenvalue weighted by molar-refractivity contribution is 0.122. The van der Waals surface area contributed by atoms with Crippen LogP contribution in [-0.4, -0.2) is 25.4 Å². The molecule has 0 spiro atoms. The highest BCUT2D eigenvalue weighted by Gasteiger charge is 2.29. The van der Waals surface area contributed by atoms with E-state index in [2.05, 4.69) is 37.4 Å². The highest BCUT2D eigenvalue weighted by molar-refractivity contribution is 5.41. The molecule has 2 aliphatic rings. The van der Waals surface area contributed by atoms with E-state index in [4.69, 9.17) is 9.47 Å². The summed E-state index contributed by atoms with van der Waals surface area (Å²) >= 11 is 0. The molecular weight excluding hydrogens is 262 g/mol. The first-order chi connectivity index (χ1) is 10.1. The fraction of sp³-hybridized carbons (Fsp3) is 0.667. The number of fused-ring (bicyclic) bond motifs is 1. The van der Waals surface area contributed by atoms with Crippen LogP contribution in [0.5, 0.6) is 5.75 Å². The quantitative estimate of drug-likeness (QED) is 0.745. The monoisotopic (exact) mass is 289 g/mol. The van der Waals surface area contributed by atoms with Crippen molar-refractivity contribution in [2.75, 3.05) is 19.8 Å². The van der Waals surface area contributed by atoms with Crippen LogP contribution in [0.2, 0.25) is 0 Å². The van der Waals surface area contributed by atoms with Crippen LogP contribution < -0.4 is 10.1 Å². The molecule has 3 heteroatoms. The number of benzene rings is 1. The van der Waals surface area contributed by atoms with Crippen LogP contribution in [0.25, 0.3) is 0 Å². The van der Waals surface area contributed by atoms with Crippen LogP contribution in [0.4, 0.5) is 0 Å². The lowest BCUT2D eigenvalue weighted by Gasteiger charge is -2.16. The Morgan fingerprint density at radius 3 is 3.00 bits per heavy atom. The molecule has 1 aromatic rings. The van der Waals surface area contributed by atoms with E-state index in [-0.39, 0.29) is 5.60 Å². The number of nitrogens with one attached hydrogen (secondary N) is 1. The predicted octanol–water partition coefficient (Wildman–Crippen LogP) is 3.31. The molecule has 0 atom stereocenters. The Bertz CT molecular complexity index is 480. The molecule has 116 valence electrons. The van der Waals surface area contributed by atoms with Gasteiger partial charge in [-0.3, -0.25) is 0 Å². The van der Waals surface area contributed by atoms with Crippen molar-refractivity contribution in [3.63, 3.8) is 0 Å². The van der Waals surface area contributed by atoms with E-state index >= 15 is 0 Å². The van der Waals surface area contributed by atoms with Crippen LogP contribution in [0.1, 0.15) is 44.2 Å². The van der Waals surface area contributed by atoms with Crippen molar-refractivity contribution >= 4 is 0 Å². The summed E-state index contributed by atoms with van der Waals surface area (Å²) in [4.78, 5) is 0. The van der Waals surface area contributed by atoms with Gasteiger partial charge in [-0.25, -0.2) is 0 Å². The van der Waals surface area contributed by atoms with Crippen molar-refractivity contribution in [2.45, 2.75) is 51.7 Å². The number of rotatable bonds is 8. The minimum Gasteiger partial charge on any atom is -0.487 e. The molecule has 1 heterocycles. The summed E-state index contributed by atoms with van der Waals surface area (Å²) < 4.78 is 11.5. The lowest BCUT2D eigenvalue weighted by Crippen LogP contribution is -2.24. The molecule has 1 saturated carbocycles. The molecule has 1 N–H and O–H groups in total. The molecular formula is C18H27NO2. The molecule has 3 nitrogen and oxygen atoms in total. The van der Waals surface area contributed by atoms with Crippen molar-refractivity contribution in [2.24, 2.45) is 5.92 Å². The minimum absolute atomic E-state index is 0.0483. The second-order valence-electron chi connectivity index (χ2n) is 7.03. The third-order valence-electron chi connectivity index (χ3n) is 4.15. The molecule has 0 saturated heterocycles. The van der Waals surface area contributed by atoms with E-state index < -0.39 is 0 Å². The smallest absolute Gasteiger partial charge is 0.123 e. The summed E-state index contributed by atoms with van der Waals surface area (Å²) in [6.07, 6.45) is 4.84. The molecule has 1 aromatic carbocycles. The molecule has 21 heavy (non-hydrogen) atoms. The third kappa shape index (κ3) is 4.45. The van der Waals surface area contributed by atoms with Crippen molar-refractivity contribution in [1.29, 1.82) is 0 Å². The first kappa shape index (κ1) is 14.9. The Labute approximate surface area is 128 Å². The zero-order valence-electron chi connectivity index (χ0n) is 13.3. The Hall–Kier alpha value is -1.06. The van der Waals surface area contributed by atoms with Crippen LogP contribution in [0.15, 0.2) is 18.2 Å². The average Bonchev–Trinajstić information content (AvgIpc) is 3.19. The zero-order chi connectivity index (χ0) is 14.7. The molecule has 1 fully saturated rings. The summed E-state index contributed by atoms with van der Waals surface area (Å²) in [6.45, 7) is 8.09. The van der Waals surface area contributed by atoms with E-state index in [0.29, 0.717) is 0 Å². The van der Waals surface area contributed by atoms with Gasteiger partial charge in [-0.05, 0) is 62.8 Å². The number of ether oxygens (including phenoxy) is 2. The van der Waals surface area contributed by atoms with Gasteiger partial charge in [0.1, 0.15) is 11.4 Å². The van der Waals surface area contributed by atoms with Gasteiger partial charge in [-0.15, -0.1) is 0 Å². The van der Waals surface area contributed by atoms with E-state index in [0.717, 1.165) is 50.8 Å². The number of hydrogen-bond donors (Lipinski definition) is 1. The summed E-state index contributed by atoms with van der Waals surface area (Å²) in [7, 11) is 0. The maximum Gasteiger partial charge on any atom is 0.123 e. The van der Waals surface area contributed by atoms with E-state index in [1.807, 2.05) is 0 Å². The normalized spacial score (nSPS) is 19.3. The topological polar surface area (TPSA) is 30.5 Å². The first-order valence-electron chi connectivity index (χ1n) is 8.22. The molecule has 3 rings (SSSR count). The molecule has 0 unspecified atom stereocenters. The average molecular weight is 289 g/mol. The van der Waals surface area contributed by atoms with Crippen molar-refractivity contribution in [3.8, 4) is 5.75 Å². The second kappa shape index (κ2) is 6.37. The lowest BCUT2D eigenvalue weighted by atomic mass is 10.0. The van der Waals surface area contributed by atoms with Gasteiger partial charge in [0.05, 0.1) is 0 Å². The van der Waals surface area contributed by atoms with Crippen molar-refractivity contribution in [3.05, 3.63) is 29.3 Å². The van der Waals surface area contributed by atoms with Gasteiger partial charge >= 0.3 is 0 Å². The van der Waals surface area contributed by atoms with Crippen LogP contribution >= 0.6 is 0 Å². The highest BCUT2D eigenvalue weighted by atomic mass is 16.5. The van der Waals surface area contributed by atoms with Gasteiger partial charge in [0, 0.05) is 26.2 Å². The summed E-state index contributed by atoms with van der Waals surface area (Å²) in [6, 6.07) is 6.55. The predicted molar refractivity (Wildman–Crippen MR) is 84.7 cm³/mol. The van der Waals surface area contributed by atoms with Gasteiger partial charge in [0.2, 0.25) is 0 Å². The van der Waals surface area contributed by atoms with E-state index in [1.54, 1.807) is 0 Å². The third-order valence-corrected chi connectivity index (χ3v) is 4.15. The van der Waals surface area contributed by atoms with Crippen LogP contribution in [0, 0.1) is 5.92 Å². The fourth-order valence-electron chi connectivity index (χ4n) is 2.84. The van der Waals surface area contributed by atoms with Crippen molar-refractivity contribution < 1.29 is 9.47 Å². The molecule has 0 amide bonds. The van der Waals surface area contributed by atoms with Gasteiger partial charge in [-0.1, -0.05) is 12.1 Å². The molecule has 0 bridgehead atoms. The Morgan fingerprint density at radius 2 is 2.19 bits per heavy atom. The maximum absolute atomic E-state index is 5.91. The zero-order valence-corrected chi connectivity index (χ0v) is 13.3. The Balaban J connectivity index is 1.34. The van der Waals surface area contributed by atoms with Gasteiger partial charge in [0.15, 0.2) is 0 Å². The Morgan fingerprint density at radius 1 is 1.33 bits per heavy atom. The molecule has 1 aliphatic heterocycles. The second-order valence-corrected chi connectivity index (χ2v) is 7.03. The largest absolute Gasteiger partial charge is 0.487 e. The van der Waals surface area contributed by atoms with Crippen LogP contribution in [0.3, 0.4) is 0 Å². The number of hydrogen-bond acceptors (Lipinski definition) is 3. The van der Waals surface area contributed by atoms with Crippen molar-refractivity contribution in [1.82, 2.24) is 5.32 Å². The van der Waals surface area contributed by atoms with Crippen LogP contribution in [-0.2, 0) is 17.7 Å². The standard InChI is InChI=1S/C18H27NO2/c1-18(2)11-16-10-15(6-7-17(16)21-18)12-19-8-3-9-20-13-14-4-5-14/h6-7,10,14,19H,3-5,8-9,11-13H2,1-2H3. The van der Waals surface area contributed by atoms with Gasteiger partial charge in [-0.2, -0.15) is 0 Å². The summed E-state index contributed by atoms with van der Waals surface area (Å²) in [5.74, 6) is 1.92. The van der Waals surface area contributed by atoms with Gasteiger partial charge in [0.25, 0.3) is 0 Å². The molecule has 0 radical (unpaired) electrons. The SMILES string of the molecule is CC1(C)Cc2cc(CNCCCOCC3CC3)ccc2O1. The minimum atomic E-state index is -0.0483. The highest BCUT2D eigenvalue weighted by Crippen LogP contribution is 2.35. The molecule has 0 aromatic heterocycles.